The summed E-state index contributed by atoms with van der Waals surface area (Å²) in [4.78, 5) is 0. The maximum absolute atomic E-state index is 16.3. The van der Waals surface area contributed by atoms with Crippen molar-refractivity contribution >= 4 is 21.8 Å². The van der Waals surface area contributed by atoms with Gasteiger partial charge in [0.15, 0.2) is 0 Å². The minimum absolute atomic E-state index is 0.127. The largest absolute Gasteiger partial charge is 0.306 e. The molecule has 0 amide bonds. The van der Waals surface area contributed by atoms with E-state index in [4.69, 9.17) is 23.3 Å². The van der Waals surface area contributed by atoms with Crippen LogP contribution in [0, 0.1) is 5.82 Å². The van der Waals surface area contributed by atoms with Gasteiger partial charge in [0, 0.05) is 10.8 Å². The second-order valence-corrected chi connectivity index (χ2v) is 6.70. The lowest BCUT2D eigenvalue weighted by Gasteiger charge is -2.11. The molecule has 0 atom stereocenters. The second kappa shape index (κ2) is 7.51. The van der Waals surface area contributed by atoms with Crippen LogP contribution >= 0.6 is 0 Å². The van der Waals surface area contributed by atoms with E-state index in [1.807, 2.05) is 0 Å². The first-order chi connectivity index (χ1) is 22.9. The van der Waals surface area contributed by atoms with Crippen LogP contribution in [0.5, 0.6) is 0 Å². The predicted molar refractivity (Wildman–Crippen MR) is 132 cm³/mol. The first-order valence-corrected chi connectivity index (χ1v) is 9.35. The molecule has 0 spiro atoms. The first-order valence-electron chi connectivity index (χ1n) is 17.8. The van der Waals surface area contributed by atoms with Gasteiger partial charge in [-0.05, 0) is 52.5 Å². The molecule has 32 heavy (non-hydrogen) atoms. The number of hydrogen-bond donors (Lipinski definition) is 0. The number of rotatable bonds is 3. The summed E-state index contributed by atoms with van der Waals surface area (Å²) in [7, 11) is 0. The van der Waals surface area contributed by atoms with E-state index in [2.05, 4.69) is 0 Å². The minimum atomic E-state index is -1.12. The van der Waals surface area contributed by atoms with Gasteiger partial charge in [0.25, 0.3) is 0 Å². The molecule has 6 aromatic rings. The lowest BCUT2D eigenvalue weighted by Crippen LogP contribution is -1.98. The van der Waals surface area contributed by atoms with Crippen LogP contribution in [0.15, 0.2) is 121 Å². The number of benzene rings is 5. The highest BCUT2D eigenvalue weighted by Gasteiger charge is 2.16. The summed E-state index contributed by atoms with van der Waals surface area (Å²) in [5.74, 6) is -1.12. The summed E-state index contributed by atoms with van der Waals surface area (Å²) in [5.41, 5.74) is -2.84. The van der Waals surface area contributed by atoms with Gasteiger partial charge in [0.05, 0.1) is 40.0 Å². The fourth-order valence-electron chi connectivity index (χ4n) is 3.49. The fraction of sp³-hybridized carbons (Fsp3) is 0. The Hall–Kier alpha value is -4.17. The zero-order chi connectivity index (χ0) is 36.3. The summed E-state index contributed by atoms with van der Waals surface area (Å²) in [6.45, 7) is 0. The van der Waals surface area contributed by atoms with Crippen LogP contribution in [0.2, 0.25) is 0 Å². The highest BCUT2D eigenvalue weighted by atomic mass is 19.1. The standard InChI is InChI=1S/C30H20FN/c31-27-20-24(22-11-5-2-6-12-22)16-18-30(27)32-28-14-8-7-13-25(28)26-19-23(15-17-29(26)32)21-9-3-1-4-10-21/h1-20H/i1D,2D,3D,4D,5D,6D,7D,8D,9D,10D,11D,12D,13D,14D,15D,17D,19D. The van der Waals surface area contributed by atoms with E-state index in [0.29, 0.717) is 0 Å². The minimum Gasteiger partial charge on any atom is -0.306 e. The summed E-state index contributed by atoms with van der Waals surface area (Å²) >= 11 is 0. The molecule has 0 unspecified atom stereocenters. The fourth-order valence-corrected chi connectivity index (χ4v) is 3.49. The molecule has 5 aromatic carbocycles. The highest BCUT2D eigenvalue weighted by Crippen LogP contribution is 2.36. The maximum atomic E-state index is 16.3. The van der Waals surface area contributed by atoms with Gasteiger partial charge in [-0.3, -0.25) is 0 Å². The highest BCUT2D eigenvalue weighted by molar-refractivity contribution is 6.10. The van der Waals surface area contributed by atoms with Crippen LogP contribution in [0.25, 0.3) is 49.7 Å². The third-order valence-corrected chi connectivity index (χ3v) is 4.88. The van der Waals surface area contributed by atoms with Gasteiger partial charge in [-0.25, -0.2) is 4.39 Å². The van der Waals surface area contributed by atoms with Gasteiger partial charge < -0.3 is 4.57 Å². The van der Waals surface area contributed by atoms with Crippen molar-refractivity contribution in [1.29, 1.82) is 0 Å². The Balaban J connectivity index is 1.79. The third-order valence-electron chi connectivity index (χ3n) is 4.88. The lowest BCUT2D eigenvalue weighted by atomic mass is 10.0. The second-order valence-electron chi connectivity index (χ2n) is 6.70. The Morgan fingerprint density at radius 2 is 1.19 bits per heavy atom. The first kappa shape index (κ1) is 8.07. The van der Waals surface area contributed by atoms with Gasteiger partial charge in [0.1, 0.15) is 5.82 Å². The average Bonchev–Trinajstić information content (AvgIpc) is 3.43. The molecule has 2 heteroatoms. The van der Waals surface area contributed by atoms with Crippen LogP contribution in [-0.2, 0) is 0 Å². The molecule has 0 saturated heterocycles. The Kier molecular flexibility index (Phi) is 1.89. The topological polar surface area (TPSA) is 4.93 Å². The molecule has 1 heterocycles. The summed E-state index contributed by atoms with van der Waals surface area (Å²) in [5, 5.41) is -0.735. The zero-order valence-electron chi connectivity index (χ0n) is 33.1. The van der Waals surface area contributed by atoms with Crippen molar-refractivity contribution in [3.8, 4) is 27.9 Å². The summed E-state index contributed by atoms with van der Waals surface area (Å²) in [6, 6.07) is -8.96. The average molecular weight is 431 g/mol. The van der Waals surface area contributed by atoms with Crippen LogP contribution in [0.4, 0.5) is 4.39 Å². The molecule has 0 radical (unpaired) electrons. The van der Waals surface area contributed by atoms with E-state index >= 15 is 4.39 Å². The van der Waals surface area contributed by atoms with E-state index in [1.54, 1.807) is 0 Å². The van der Waals surface area contributed by atoms with Gasteiger partial charge in [-0.2, -0.15) is 0 Å². The maximum Gasteiger partial charge on any atom is 0.147 e. The number of aromatic nitrogens is 1. The van der Waals surface area contributed by atoms with Gasteiger partial charge >= 0.3 is 0 Å². The normalized spacial score (nSPS) is 18.7. The smallest absolute Gasteiger partial charge is 0.147 e. The van der Waals surface area contributed by atoms with Crippen molar-refractivity contribution in [2.75, 3.05) is 0 Å². The van der Waals surface area contributed by atoms with Crippen LogP contribution in [0.3, 0.4) is 0 Å². The molecule has 152 valence electrons. The molecule has 6 rings (SSSR count). The van der Waals surface area contributed by atoms with E-state index in [-0.39, 0.29) is 21.9 Å². The number of hydrogen-bond acceptors (Lipinski definition) is 0. The number of nitrogens with zero attached hydrogens (tertiary/aromatic N) is 1. The molecule has 0 aliphatic carbocycles. The van der Waals surface area contributed by atoms with Crippen molar-refractivity contribution in [3.05, 3.63) is 127 Å². The number of fused-ring (bicyclic) bond motifs is 3. The summed E-state index contributed by atoms with van der Waals surface area (Å²) in [6.07, 6.45) is 0. The monoisotopic (exact) mass is 430 g/mol. The Morgan fingerprint density at radius 1 is 0.562 bits per heavy atom. The van der Waals surface area contributed by atoms with E-state index in [1.165, 1.54) is 6.07 Å². The number of para-hydroxylation sites is 1. The summed E-state index contributed by atoms with van der Waals surface area (Å²) < 4.78 is 160. The van der Waals surface area contributed by atoms with E-state index < -0.39 is 136 Å². The molecule has 0 aliphatic heterocycles. The quantitative estimate of drug-likeness (QED) is 0.266. The van der Waals surface area contributed by atoms with E-state index in [0.717, 1.165) is 16.7 Å². The Labute approximate surface area is 209 Å². The van der Waals surface area contributed by atoms with Crippen molar-refractivity contribution in [2.45, 2.75) is 0 Å². The molecule has 0 aliphatic rings. The molecule has 1 nitrogen and oxygen atoms in total. The molecule has 0 N–H and O–H groups in total. The van der Waals surface area contributed by atoms with E-state index in [9.17, 15) is 0 Å². The number of halogens is 1. The molecular formula is C30H20FN. The van der Waals surface area contributed by atoms with Crippen molar-refractivity contribution < 1.29 is 27.7 Å². The van der Waals surface area contributed by atoms with Gasteiger partial charge in [-0.15, -0.1) is 0 Å². The molecular weight excluding hydrogens is 393 g/mol. The van der Waals surface area contributed by atoms with Crippen LogP contribution < -0.4 is 0 Å². The van der Waals surface area contributed by atoms with Crippen LogP contribution in [-0.4, -0.2) is 4.57 Å². The predicted octanol–water partition coefficient (Wildman–Crippen LogP) is 8.26. The SMILES string of the molecule is [2H]c1c([2H])c([2H])c(-c2ccc(-n3c4c([2H])c([2H])c([2H])c([2H])c4c4c([2H])c(-c5c([2H])c([2H])c([2H])c([2H])c5[2H])c([2H])c([2H])c43)c(F)c2)c([2H])c1[2H]. The third kappa shape index (κ3) is 3.00. The molecule has 0 saturated carbocycles. The molecule has 1 aromatic heterocycles. The Morgan fingerprint density at radius 3 is 1.91 bits per heavy atom. The van der Waals surface area contributed by atoms with Crippen molar-refractivity contribution in [1.82, 2.24) is 4.57 Å². The van der Waals surface area contributed by atoms with Crippen molar-refractivity contribution in [2.24, 2.45) is 0 Å². The Bertz CT molecular complexity index is 2430. The van der Waals surface area contributed by atoms with Crippen molar-refractivity contribution in [3.63, 3.8) is 0 Å². The van der Waals surface area contributed by atoms with Crippen LogP contribution in [0.1, 0.15) is 23.3 Å². The molecule has 0 fully saturated rings. The molecule has 0 bridgehead atoms. The zero-order valence-corrected chi connectivity index (χ0v) is 16.1. The van der Waals surface area contributed by atoms with Gasteiger partial charge in [-0.1, -0.05) is 90.7 Å². The lowest BCUT2D eigenvalue weighted by molar-refractivity contribution is 0.621. The van der Waals surface area contributed by atoms with Gasteiger partial charge in [0.2, 0.25) is 0 Å².